The molecule has 4 heteroatoms. The number of hydrogen-bond acceptors (Lipinski definition) is 1. The fraction of sp³-hybridized carbons (Fsp3) is 0.286. The Kier molecular flexibility index (Phi) is 2.86. The van der Waals surface area contributed by atoms with Gasteiger partial charge in [0.25, 0.3) is 0 Å². The van der Waals surface area contributed by atoms with E-state index in [4.69, 9.17) is 5.73 Å². The first-order valence-corrected chi connectivity index (χ1v) is 5.59. The lowest BCUT2D eigenvalue weighted by Crippen LogP contribution is -2.28. The van der Waals surface area contributed by atoms with Gasteiger partial charge in [-0.05, 0) is 42.3 Å². The van der Waals surface area contributed by atoms with Crippen LogP contribution in [0.5, 0.6) is 0 Å². The van der Waals surface area contributed by atoms with Crippen LogP contribution in [0.4, 0.5) is 13.2 Å². The zero-order chi connectivity index (χ0) is 13.6. The molecule has 0 spiro atoms. The zero-order valence-electron chi connectivity index (χ0n) is 10.2. The summed E-state index contributed by atoms with van der Waals surface area (Å²) in [5, 5.41) is 1.32. The molecule has 0 aromatic heterocycles. The topological polar surface area (TPSA) is 26.0 Å². The van der Waals surface area contributed by atoms with Gasteiger partial charge in [-0.15, -0.1) is 0 Å². The van der Waals surface area contributed by atoms with Crippen molar-refractivity contribution in [1.29, 1.82) is 0 Å². The second-order valence-electron chi connectivity index (χ2n) is 4.96. The molecule has 96 valence electrons. The highest BCUT2D eigenvalue weighted by Crippen LogP contribution is 2.33. The van der Waals surface area contributed by atoms with Crippen molar-refractivity contribution in [3.8, 4) is 0 Å². The summed E-state index contributed by atoms with van der Waals surface area (Å²) in [5.41, 5.74) is 5.64. The first-order valence-electron chi connectivity index (χ1n) is 5.59. The quantitative estimate of drug-likeness (QED) is 0.815. The molecule has 0 aliphatic carbocycles. The van der Waals surface area contributed by atoms with E-state index in [9.17, 15) is 13.2 Å². The first-order chi connectivity index (χ1) is 8.19. The van der Waals surface area contributed by atoms with E-state index in [0.717, 1.165) is 23.1 Å². The van der Waals surface area contributed by atoms with Gasteiger partial charge in [-0.2, -0.15) is 13.2 Å². The molecule has 0 aliphatic heterocycles. The third kappa shape index (κ3) is 2.34. The predicted molar refractivity (Wildman–Crippen MR) is 66.2 cm³/mol. The van der Waals surface area contributed by atoms with E-state index < -0.39 is 17.3 Å². The zero-order valence-corrected chi connectivity index (χ0v) is 10.2. The fourth-order valence-corrected chi connectivity index (χ4v) is 2.02. The van der Waals surface area contributed by atoms with E-state index in [-0.39, 0.29) is 0 Å². The molecule has 2 aromatic carbocycles. The van der Waals surface area contributed by atoms with Gasteiger partial charge in [-0.25, -0.2) is 0 Å². The summed E-state index contributed by atoms with van der Waals surface area (Å²) in [6.45, 7) is 3.67. The molecule has 2 aromatic rings. The highest BCUT2D eigenvalue weighted by Gasteiger charge is 2.30. The standard InChI is InChI=1S/C14H14F3N/c1-13(2,18)12-5-3-4-9-8-10(14(15,16)17)6-7-11(9)12/h3-8H,18H2,1-2H3. The van der Waals surface area contributed by atoms with E-state index >= 15 is 0 Å². The minimum atomic E-state index is -4.32. The smallest absolute Gasteiger partial charge is 0.322 e. The molecule has 0 radical (unpaired) electrons. The van der Waals surface area contributed by atoms with Crippen LogP contribution in [0, 0.1) is 0 Å². The van der Waals surface area contributed by atoms with Crippen LogP contribution in [-0.4, -0.2) is 0 Å². The van der Waals surface area contributed by atoms with Gasteiger partial charge in [0.2, 0.25) is 0 Å². The van der Waals surface area contributed by atoms with Crippen LogP contribution in [0.3, 0.4) is 0 Å². The summed E-state index contributed by atoms with van der Waals surface area (Å²) in [6.07, 6.45) is -4.32. The molecule has 0 bridgehead atoms. The Labute approximate surface area is 103 Å². The van der Waals surface area contributed by atoms with Gasteiger partial charge in [0.05, 0.1) is 5.56 Å². The molecule has 2 N–H and O–H groups in total. The van der Waals surface area contributed by atoms with Gasteiger partial charge >= 0.3 is 6.18 Å². The Morgan fingerprint density at radius 3 is 2.22 bits per heavy atom. The summed E-state index contributed by atoms with van der Waals surface area (Å²) in [4.78, 5) is 0. The van der Waals surface area contributed by atoms with Gasteiger partial charge in [-0.1, -0.05) is 24.3 Å². The number of hydrogen-bond donors (Lipinski definition) is 1. The summed E-state index contributed by atoms with van der Waals surface area (Å²) in [5.74, 6) is 0. The van der Waals surface area contributed by atoms with Crippen molar-refractivity contribution in [1.82, 2.24) is 0 Å². The minimum Gasteiger partial charge on any atom is -0.322 e. The average molecular weight is 253 g/mol. The third-order valence-electron chi connectivity index (χ3n) is 2.90. The minimum absolute atomic E-state index is 0.556. The SMILES string of the molecule is CC(C)(N)c1cccc2cc(C(F)(F)F)ccc12. The Hall–Kier alpha value is -1.55. The van der Waals surface area contributed by atoms with Gasteiger partial charge in [0.1, 0.15) is 0 Å². The normalized spacial score (nSPS) is 13.0. The van der Waals surface area contributed by atoms with E-state index in [1.54, 1.807) is 12.1 Å². The number of fused-ring (bicyclic) bond motifs is 1. The maximum absolute atomic E-state index is 12.6. The van der Waals surface area contributed by atoms with Gasteiger partial charge in [0, 0.05) is 5.54 Å². The molecule has 1 nitrogen and oxygen atoms in total. The summed E-state index contributed by atoms with van der Waals surface area (Å²) in [6, 6.07) is 8.98. The molecule has 2 rings (SSSR count). The summed E-state index contributed by atoms with van der Waals surface area (Å²) in [7, 11) is 0. The van der Waals surface area contributed by atoms with E-state index in [1.165, 1.54) is 6.07 Å². The molecule has 18 heavy (non-hydrogen) atoms. The number of rotatable bonds is 1. The van der Waals surface area contributed by atoms with Crippen LogP contribution in [0.15, 0.2) is 36.4 Å². The highest BCUT2D eigenvalue weighted by atomic mass is 19.4. The number of halogens is 3. The highest BCUT2D eigenvalue weighted by molar-refractivity contribution is 5.87. The molecule has 0 saturated carbocycles. The Morgan fingerprint density at radius 2 is 1.67 bits per heavy atom. The van der Waals surface area contributed by atoms with Crippen molar-refractivity contribution < 1.29 is 13.2 Å². The monoisotopic (exact) mass is 253 g/mol. The Balaban J connectivity index is 2.68. The van der Waals surface area contributed by atoms with Crippen LogP contribution in [-0.2, 0) is 11.7 Å². The summed E-state index contributed by atoms with van der Waals surface area (Å²) < 4.78 is 37.9. The number of nitrogens with two attached hydrogens (primary N) is 1. The van der Waals surface area contributed by atoms with Crippen molar-refractivity contribution in [3.05, 3.63) is 47.5 Å². The lowest BCUT2D eigenvalue weighted by molar-refractivity contribution is -0.137. The molecule has 0 amide bonds. The Bertz CT molecular complexity index is 580. The molecule has 0 aliphatic rings. The molecular weight excluding hydrogens is 239 g/mol. The first kappa shape index (κ1) is 12.9. The van der Waals surface area contributed by atoms with Crippen molar-refractivity contribution >= 4 is 10.8 Å². The Morgan fingerprint density at radius 1 is 1.00 bits per heavy atom. The van der Waals surface area contributed by atoms with Crippen molar-refractivity contribution in [2.45, 2.75) is 25.6 Å². The van der Waals surface area contributed by atoms with Crippen LogP contribution in [0.2, 0.25) is 0 Å². The lowest BCUT2D eigenvalue weighted by Gasteiger charge is -2.21. The van der Waals surface area contributed by atoms with E-state index in [0.29, 0.717) is 5.39 Å². The largest absolute Gasteiger partial charge is 0.416 e. The van der Waals surface area contributed by atoms with Gasteiger partial charge < -0.3 is 5.73 Å². The molecule has 0 saturated heterocycles. The summed E-state index contributed by atoms with van der Waals surface area (Å²) >= 11 is 0. The maximum Gasteiger partial charge on any atom is 0.416 e. The van der Waals surface area contributed by atoms with Crippen LogP contribution >= 0.6 is 0 Å². The lowest BCUT2D eigenvalue weighted by atomic mass is 9.90. The molecule has 0 fully saturated rings. The number of benzene rings is 2. The molecular formula is C14H14F3N. The predicted octanol–water partition coefficient (Wildman–Crippen LogP) is 4.05. The molecule has 0 heterocycles. The number of alkyl halides is 3. The van der Waals surface area contributed by atoms with Crippen molar-refractivity contribution in [3.63, 3.8) is 0 Å². The van der Waals surface area contributed by atoms with Crippen molar-refractivity contribution in [2.24, 2.45) is 5.73 Å². The van der Waals surface area contributed by atoms with Gasteiger partial charge in [-0.3, -0.25) is 0 Å². The van der Waals surface area contributed by atoms with Crippen LogP contribution in [0.25, 0.3) is 10.8 Å². The van der Waals surface area contributed by atoms with Crippen LogP contribution < -0.4 is 5.73 Å². The van der Waals surface area contributed by atoms with Crippen LogP contribution in [0.1, 0.15) is 25.0 Å². The molecule has 0 unspecified atom stereocenters. The second kappa shape index (κ2) is 3.99. The third-order valence-corrected chi connectivity index (χ3v) is 2.90. The fourth-order valence-electron chi connectivity index (χ4n) is 2.02. The molecule has 0 atom stereocenters. The van der Waals surface area contributed by atoms with Gasteiger partial charge in [0.15, 0.2) is 0 Å². The van der Waals surface area contributed by atoms with Crippen molar-refractivity contribution in [2.75, 3.05) is 0 Å². The van der Waals surface area contributed by atoms with E-state index in [1.807, 2.05) is 19.9 Å². The average Bonchev–Trinajstić information content (AvgIpc) is 2.25. The maximum atomic E-state index is 12.6. The second-order valence-corrected chi connectivity index (χ2v) is 4.96. The van der Waals surface area contributed by atoms with E-state index in [2.05, 4.69) is 0 Å².